The number of hydrogen-bond donors (Lipinski definition) is 2. The van der Waals surface area contributed by atoms with Crippen LogP contribution >= 0.6 is 0 Å². The first kappa shape index (κ1) is 18.3. The van der Waals surface area contributed by atoms with Gasteiger partial charge in [0.15, 0.2) is 0 Å². The molecule has 2 N–H and O–H groups in total. The molecule has 1 aliphatic rings. The van der Waals surface area contributed by atoms with Crippen molar-refractivity contribution in [3.8, 4) is 5.75 Å². The van der Waals surface area contributed by atoms with Crippen molar-refractivity contribution in [2.45, 2.75) is 19.3 Å². The largest absolute Gasteiger partial charge is 0.496 e. The average molecular weight is 353 g/mol. The summed E-state index contributed by atoms with van der Waals surface area (Å²) in [5, 5.41) is 6.12. The number of nitrogens with one attached hydrogen (secondary N) is 2. The van der Waals surface area contributed by atoms with E-state index in [2.05, 4.69) is 27.7 Å². The Morgan fingerprint density at radius 3 is 2.54 bits per heavy atom. The Morgan fingerprint density at radius 2 is 1.81 bits per heavy atom. The molecular weight excluding hydrogens is 326 g/mol. The van der Waals surface area contributed by atoms with Crippen molar-refractivity contribution in [2.75, 3.05) is 43.5 Å². The summed E-state index contributed by atoms with van der Waals surface area (Å²) in [5.41, 5.74) is 3.21. The molecule has 1 fully saturated rings. The second-order valence-electron chi connectivity index (χ2n) is 6.53. The summed E-state index contributed by atoms with van der Waals surface area (Å²) in [6, 6.07) is 16.1. The molecule has 3 rings (SSSR count). The van der Waals surface area contributed by atoms with Crippen LogP contribution in [-0.2, 0) is 11.2 Å². The second-order valence-corrected chi connectivity index (χ2v) is 6.53. The summed E-state index contributed by atoms with van der Waals surface area (Å²) >= 11 is 0. The predicted molar refractivity (Wildman–Crippen MR) is 106 cm³/mol. The molecule has 2 aromatic carbocycles. The zero-order valence-electron chi connectivity index (χ0n) is 15.3. The van der Waals surface area contributed by atoms with Crippen molar-refractivity contribution in [3.63, 3.8) is 0 Å². The van der Waals surface area contributed by atoms with Gasteiger partial charge < -0.3 is 20.3 Å². The lowest BCUT2D eigenvalue weighted by Crippen LogP contribution is -2.29. The average Bonchev–Trinajstić information content (AvgIpc) is 3.21. The van der Waals surface area contributed by atoms with Crippen LogP contribution in [0.5, 0.6) is 5.75 Å². The highest BCUT2D eigenvalue weighted by molar-refractivity contribution is 5.92. The van der Waals surface area contributed by atoms with Crippen molar-refractivity contribution >= 4 is 17.3 Å². The SMILES string of the molecule is COc1ccccc1CCNCC(=O)Nc1ccc(N2CCCC2)cc1. The van der Waals surface area contributed by atoms with Gasteiger partial charge in [-0.2, -0.15) is 0 Å². The van der Waals surface area contributed by atoms with Gasteiger partial charge in [-0.1, -0.05) is 18.2 Å². The highest BCUT2D eigenvalue weighted by Crippen LogP contribution is 2.22. The molecule has 1 saturated heterocycles. The van der Waals surface area contributed by atoms with Crippen LogP contribution in [0.4, 0.5) is 11.4 Å². The molecule has 0 spiro atoms. The Kier molecular flexibility index (Phi) is 6.50. The number of benzene rings is 2. The molecule has 5 nitrogen and oxygen atoms in total. The van der Waals surface area contributed by atoms with Crippen LogP contribution < -0.4 is 20.3 Å². The van der Waals surface area contributed by atoms with Gasteiger partial charge in [0, 0.05) is 24.5 Å². The summed E-state index contributed by atoms with van der Waals surface area (Å²) in [5.74, 6) is 0.857. The lowest BCUT2D eigenvalue weighted by molar-refractivity contribution is -0.115. The summed E-state index contributed by atoms with van der Waals surface area (Å²) < 4.78 is 5.34. The number of amides is 1. The van der Waals surface area contributed by atoms with Crippen LogP contribution in [0.3, 0.4) is 0 Å². The Bertz CT molecular complexity index is 709. The van der Waals surface area contributed by atoms with Gasteiger partial charge in [0.2, 0.25) is 5.91 Å². The molecule has 5 heteroatoms. The Balaban J connectivity index is 1.40. The van der Waals surface area contributed by atoms with E-state index in [1.165, 1.54) is 18.5 Å². The maximum absolute atomic E-state index is 12.1. The van der Waals surface area contributed by atoms with E-state index in [9.17, 15) is 4.79 Å². The first-order chi connectivity index (χ1) is 12.8. The Morgan fingerprint density at radius 1 is 1.08 bits per heavy atom. The van der Waals surface area contributed by atoms with Crippen LogP contribution in [0.15, 0.2) is 48.5 Å². The summed E-state index contributed by atoms with van der Waals surface area (Å²) in [6.07, 6.45) is 3.35. The van der Waals surface area contributed by atoms with Gasteiger partial charge in [0.25, 0.3) is 0 Å². The first-order valence-corrected chi connectivity index (χ1v) is 9.24. The third kappa shape index (κ3) is 4.99. The van der Waals surface area contributed by atoms with Crippen molar-refractivity contribution in [1.29, 1.82) is 0 Å². The molecule has 2 aromatic rings. The van der Waals surface area contributed by atoms with E-state index in [1.807, 2.05) is 36.4 Å². The lowest BCUT2D eigenvalue weighted by Gasteiger charge is -2.17. The van der Waals surface area contributed by atoms with E-state index in [0.29, 0.717) is 6.54 Å². The molecular formula is C21H27N3O2. The molecule has 0 radical (unpaired) electrons. The number of para-hydroxylation sites is 1. The topological polar surface area (TPSA) is 53.6 Å². The van der Waals surface area contributed by atoms with E-state index >= 15 is 0 Å². The minimum atomic E-state index is -0.0288. The Hall–Kier alpha value is -2.53. The molecule has 0 atom stereocenters. The maximum Gasteiger partial charge on any atom is 0.238 e. The smallest absolute Gasteiger partial charge is 0.238 e. The number of rotatable bonds is 8. The van der Waals surface area contributed by atoms with Gasteiger partial charge >= 0.3 is 0 Å². The molecule has 1 aliphatic heterocycles. The lowest BCUT2D eigenvalue weighted by atomic mass is 10.1. The fourth-order valence-electron chi connectivity index (χ4n) is 3.27. The minimum absolute atomic E-state index is 0.0288. The third-order valence-electron chi connectivity index (χ3n) is 4.67. The first-order valence-electron chi connectivity index (χ1n) is 9.24. The summed E-state index contributed by atoms with van der Waals surface area (Å²) in [4.78, 5) is 14.5. The third-order valence-corrected chi connectivity index (χ3v) is 4.67. The highest BCUT2D eigenvalue weighted by Gasteiger charge is 2.12. The van der Waals surface area contributed by atoms with Crippen molar-refractivity contribution in [2.24, 2.45) is 0 Å². The quantitative estimate of drug-likeness (QED) is 0.716. The maximum atomic E-state index is 12.1. The molecule has 0 aliphatic carbocycles. The van der Waals surface area contributed by atoms with E-state index in [4.69, 9.17) is 4.74 Å². The van der Waals surface area contributed by atoms with Gasteiger partial charge in [0.1, 0.15) is 5.75 Å². The number of hydrogen-bond acceptors (Lipinski definition) is 4. The molecule has 1 heterocycles. The van der Waals surface area contributed by atoms with Crippen LogP contribution in [0.2, 0.25) is 0 Å². The van der Waals surface area contributed by atoms with Crippen LogP contribution in [-0.4, -0.2) is 39.2 Å². The van der Waals surface area contributed by atoms with Gasteiger partial charge in [-0.3, -0.25) is 4.79 Å². The van der Waals surface area contributed by atoms with Crippen LogP contribution in [0.25, 0.3) is 0 Å². The molecule has 0 unspecified atom stereocenters. The fourth-order valence-corrected chi connectivity index (χ4v) is 3.27. The molecule has 0 bridgehead atoms. The van der Waals surface area contributed by atoms with Gasteiger partial charge in [-0.15, -0.1) is 0 Å². The molecule has 0 aromatic heterocycles. The van der Waals surface area contributed by atoms with Gasteiger partial charge in [-0.05, 0) is 61.7 Å². The van der Waals surface area contributed by atoms with Gasteiger partial charge in [-0.25, -0.2) is 0 Å². The standard InChI is InChI=1S/C21H27N3O2/c1-26-20-7-3-2-6-17(20)12-13-22-16-21(25)23-18-8-10-19(11-9-18)24-14-4-5-15-24/h2-3,6-11,22H,4-5,12-16H2,1H3,(H,23,25). The number of carbonyl (C=O) groups excluding carboxylic acids is 1. The molecule has 1 amide bonds. The van der Waals surface area contributed by atoms with Crippen molar-refractivity contribution in [3.05, 3.63) is 54.1 Å². The fraction of sp³-hybridized carbons (Fsp3) is 0.381. The number of methoxy groups -OCH3 is 1. The molecule has 138 valence electrons. The van der Waals surface area contributed by atoms with Crippen molar-refractivity contribution in [1.82, 2.24) is 5.32 Å². The second kappa shape index (κ2) is 9.25. The van der Waals surface area contributed by atoms with Crippen molar-refractivity contribution < 1.29 is 9.53 Å². The summed E-state index contributed by atoms with van der Waals surface area (Å²) in [6.45, 7) is 3.27. The van der Waals surface area contributed by atoms with Crippen LogP contribution in [0.1, 0.15) is 18.4 Å². The monoisotopic (exact) mass is 353 g/mol. The Labute approximate surface area is 155 Å². The number of nitrogens with zero attached hydrogens (tertiary/aromatic N) is 1. The predicted octanol–water partition coefficient (Wildman–Crippen LogP) is 3.07. The van der Waals surface area contributed by atoms with E-state index in [-0.39, 0.29) is 5.91 Å². The number of ether oxygens (including phenoxy) is 1. The molecule has 26 heavy (non-hydrogen) atoms. The van der Waals surface area contributed by atoms with E-state index < -0.39 is 0 Å². The van der Waals surface area contributed by atoms with Gasteiger partial charge in [0.05, 0.1) is 13.7 Å². The highest BCUT2D eigenvalue weighted by atomic mass is 16.5. The number of anilines is 2. The normalized spacial score (nSPS) is 13.7. The van der Waals surface area contributed by atoms with E-state index in [0.717, 1.165) is 43.1 Å². The van der Waals surface area contributed by atoms with E-state index in [1.54, 1.807) is 7.11 Å². The summed E-state index contributed by atoms with van der Waals surface area (Å²) in [7, 11) is 1.68. The molecule has 0 saturated carbocycles. The van der Waals surface area contributed by atoms with Crippen LogP contribution in [0, 0.1) is 0 Å². The minimum Gasteiger partial charge on any atom is -0.496 e. The zero-order chi connectivity index (χ0) is 18.2. The zero-order valence-corrected chi connectivity index (χ0v) is 15.3. The number of carbonyl (C=O) groups is 1.